The van der Waals surface area contributed by atoms with E-state index in [-0.39, 0.29) is 5.91 Å². The molecular weight excluding hydrogens is 232 g/mol. The van der Waals surface area contributed by atoms with Crippen LogP contribution in [0.2, 0.25) is 0 Å². The van der Waals surface area contributed by atoms with Crippen LogP contribution in [0.25, 0.3) is 0 Å². The number of carbonyl (C=O) groups is 1. The fraction of sp³-hybridized carbons (Fsp3) is 0.923. The highest BCUT2D eigenvalue weighted by molar-refractivity contribution is 5.80. The van der Waals surface area contributed by atoms with E-state index in [1.807, 2.05) is 0 Å². The number of ether oxygens (including phenoxy) is 2. The standard InChI is InChI=1S/C13H24N2O3/c14-7-10-3-1-2-4-11(10)8-15-13(16)12-9-17-5-6-18-12/h10-12H,1-9,14H2,(H,15,16). The monoisotopic (exact) mass is 256 g/mol. The predicted octanol–water partition coefficient (Wildman–Crippen LogP) is 0.283. The Bertz CT molecular complexity index is 267. The molecule has 2 fully saturated rings. The van der Waals surface area contributed by atoms with Crippen molar-refractivity contribution in [1.82, 2.24) is 5.32 Å². The number of nitrogens with two attached hydrogens (primary N) is 1. The van der Waals surface area contributed by atoms with Gasteiger partial charge in [-0.15, -0.1) is 0 Å². The first-order valence-electron chi connectivity index (χ1n) is 6.98. The lowest BCUT2D eigenvalue weighted by atomic mass is 9.79. The number of rotatable bonds is 4. The quantitative estimate of drug-likeness (QED) is 0.758. The Morgan fingerprint density at radius 2 is 2.00 bits per heavy atom. The minimum atomic E-state index is -0.432. The van der Waals surface area contributed by atoms with E-state index in [0.717, 1.165) is 13.1 Å². The maximum absolute atomic E-state index is 11.9. The Kier molecular flexibility index (Phi) is 5.41. The van der Waals surface area contributed by atoms with Gasteiger partial charge in [-0.1, -0.05) is 12.8 Å². The highest BCUT2D eigenvalue weighted by Gasteiger charge is 2.27. The van der Waals surface area contributed by atoms with Gasteiger partial charge in [0.1, 0.15) is 0 Å². The van der Waals surface area contributed by atoms with Crippen molar-refractivity contribution in [3.8, 4) is 0 Å². The first-order chi connectivity index (χ1) is 8.81. The average Bonchev–Trinajstić information content (AvgIpc) is 2.46. The van der Waals surface area contributed by atoms with E-state index >= 15 is 0 Å². The summed E-state index contributed by atoms with van der Waals surface area (Å²) in [5.41, 5.74) is 5.79. The Morgan fingerprint density at radius 1 is 1.22 bits per heavy atom. The molecule has 1 saturated heterocycles. The van der Waals surface area contributed by atoms with E-state index in [2.05, 4.69) is 5.32 Å². The van der Waals surface area contributed by atoms with Gasteiger partial charge in [0, 0.05) is 6.54 Å². The summed E-state index contributed by atoms with van der Waals surface area (Å²) in [5, 5.41) is 2.99. The predicted molar refractivity (Wildman–Crippen MR) is 68.1 cm³/mol. The number of hydrogen-bond donors (Lipinski definition) is 2. The molecule has 2 rings (SSSR count). The van der Waals surface area contributed by atoms with Gasteiger partial charge in [-0.2, -0.15) is 0 Å². The normalized spacial score (nSPS) is 33.1. The summed E-state index contributed by atoms with van der Waals surface area (Å²) < 4.78 is 10.6. The van der Waals surface area contributed by atoms with Gasteiger partial charge >= 0.3 is 0 Å². The molecule has 0 aromatic carbocycles. The Morgan fingerprint density at radius 3 is 2.67 bits per heavy atom. The van der Waals surface area contributed by atoms with Crippen LogP contribution in [0.5, 0.6) is 0 Å². The van der Waals surface area contributed by atoms with Crippen LogP contribution in [0.1, 0.15) is 25.7 Å². The van der Waals surface area contributed by atoms with E-state index in [1.54, 1.807) is 0 Å². The molecule has 1 saturated carbocycles. The van der Waals surface area contributed by atoms with Gasteiger partial charge < -0.3 is 20.5 Å². The third kappa shape index (κ3) is 3.67. The zero-order chi connectivity index (χ0) is 12.8. The van der Waals surface area contributed by atoms with Crippen molar-refractivity contribution >= 4 is 5.91 Å². The topological polar surface area (TPSA) is 73.6 Å². The fourth-order valence-electron chi connectivity index (χ4n) is 2.85. The molecule has 1 heterocycles. The molecule has 1 amide bonds. The lowest BCUT2D eigenvalue weighted by Crippen LogP contribution is -2.45. The molecular formula is C13H24N2O3. The molecule has 0 aromatic rings. The zero-order valence-electron chi connectivity index (χ0n) is 10.9. The van der Waals surface area contributed by atoms with E-state index in [9.17, 15) is 4.79 Å². The van der Waals surface area contributed by atoms with Gasteiger partial charge in [0.25, 0.3) is 5.91 Å². The number of carbonyl (C=O) groups excluding carboxylic acids is 1. The van der Waals surface area contributed by atoms with E-state index in [0.29, 0.717) is 31.7 Å². The maximum Gasteiger partial charge on any atom is 0.251 e. The molecule has 0 radical (unpaired) electrons. The van der Waals surface area contributed by atoms with Gasteiger partial charge in [-0.3, -0.25) is 4.79 Å². The molecule has 3 unspecified atom stereocenters. The summed E-state index contributed by atoms with van der Waals surface area (Å²) in [6.07, 6.45) is 4.45. The van der Waals surface area contributed by atoms with E-state index in [4.69, 9.17) is 15.2 Å². The number of nitrogens with one attached hydrogen (secondary N) is 1. The molecule has 5 heteroatoms. The summed E-state index contributed by atoms with van der Waals surface area (Å²) in [6, 6.07) is 0. The molecule has 5 nitrogen and oxygen atoms in total. The van der Waals surface area contributed by atoms with Crippen molar-refractivity contribution < 1.29 is 14.3 Å². The molecule has 3 N–H and O–H groups in total. The van der Waals surface area contributed by atoms with Crippen LogP contribution < -0.4 is 11.1 Å². The minimum Gasteiger partial charge on any atom is -0.376 e. The highest BCUT2D eigenvalue weighted by atomic mass is 16.6. The van der Waals surface area contributed by atoms with Gasteiger partial charge in [-0.25, -0.2) is 0 Å². The second-order valence-corrected chi connectivity index (χ2v) is 5.22. The second-order valence-electron chi connectivity index (χ2n) is 5.22. The smallest absolute Gasteiger partial charge is 0.251 e. The van der Waals surface area contributed by atoms with Crippen LogP contribution in [0.4, 0.5) is 0 Å². The van der Waals surface area contributed by atoms with Gasteiger partial charge in [0.05, 0.1) is 19.8 Å². The summed E-state index contributed by atoms with van der Waals surface area (Å²) >= 11 is 0. The molecule has 104 valence electrons. The van der Waals surface area contributed by atoms with Crippen molar-refractivity contribution in [2.45, 2.75) is 31.8 Å². The van der Waals surface area contributed by atoms with Crippen LogP contribution in [0, 0.1) is 11.8 Å². The van der Waals surface area contributed by atoms with E-state index < -0.39 is 6.10 Å². The van der Waals surface area contributed by atoms with Crippen molar-refractivity contribution in [3.63, 3.8) is 0 Å². The van der Waals surface area contributed by atoms with Gasteiger partial charge in [0.2, 0.25) is 0 Å². The first kappa shape index (κ1) is 13.8. The highest BCUT2D eigenvalue weighted by Crippen LogP contribution is 2.28. The zero-order valence-corrected chi connectivity index (χ0v) is 10.9. The van der Waals surface area contributed by atoms with Crippen LogP contribution in [0.15, 0.2) is 0 Å². The largest absolute Gasteiger partial charge is 0.376 e. The van der Waals surface area contributed by atoms with Crippen LogP contribution in [-0.4, -0.2) is 44.9 Å². The van der Waals surface area contributed by atoms with Crippen LogP contribution in [0.3, 0.4) is 0 Å². The Hall–Kier alpha value is -0.650. The summed E-state index contributed by atoms with van der Waals surface area (Å²) in [6.45, 7) is 2.91. The van der Waals surface area contributed by atoms with Gasteiger partial charge in [-0.05, 0) is 31.2 Å². The molecule has 18 heavy (non-hydrogen) atoms. The molecule has 1 aliphatic carbocycles. The van der Waals surface area contributed by atoms with Crippen molar-refractivity contribution in [2.75, 3.05) is 32.9 Å². The lowest BCUT2D eigenvalue weighted by Gasteiger charge is -2.31. The third-order valence-electron chi connectivity index (χ3n) is 4.02. The molecule has 3 atom stereocenters. The fourth-order valence-corrected chi connectivity index (χ4v) is 2.85. The minimum absolute atomic E-state index is 0.0453. The Labute approximate surface area is 108 Å². The number of hydrogen-bond acceptors (Lipinski definition) is 4. The van der Waals surface area contributed by atoms with Crippen LogP contribution >= 0.6 is 0 Å². The molecule has 0 spiro atoms. The SMILES string of the molecule is NCC1CCCCC1CNC(=O)C1COCCO1. The summed E-state index contributed by atoms with van der Waals surface area (Å²) in [5.74, 6) is 1.04. The molecule has 0 bridgehead atoms. The van der Waals surface area contributed by atoms with E-state index in [1.165, 1.54) is 25.7 Å². The second kappa shape index (κ2) is 7.07. The lowest BCUT2D eigenvalue weighted by molar-refractivity contribution is -0.147. The maximum atomic E-state index is 11.9. The average molecular weight is 256 g/mol. The Balaban J connectivity index is 1.73. The van der Waals surface area contributed by atoms with Crippen molar-refractivity contribution in [3.05, 3.63) is 0 Å². The molecule has 0 aromatic heterocycles. The van der Waals surface area contributed by atoms with Crippen molar-refractivity contribution in [1.29, 1.82) is 0 Å². The molecule has 2 aliphatic rings. The van der Waals surface area contributed by atoms with Crippen molar-refractivity contribution in [2.24, 2.45) is 17.6 Å². The van der Waals surface area contributed by atoms with Gasteiger partial charge in [0.15, 0.2) is 6.10 Å². The third-order valence-corrected chi connectivity index (χ3v) is 4.02. The van der Waals surface area contributed by atoms with Crippen LogP contribution in [-0.2, 0) is 14.3 Å². The molecule has 1 aliphatic heterocycles. The summed E-state index contributed by atoms with van der Waals surface area (Å²) in [7, 11) is 0. The number of amides is 1. The first-order valence-corrected chi connectivity index (χ1v) is 6.98. The summed E-state index contributed by atoms with van der Waals surface area (Å²) in [4.78, 5) is 11.9.